The van der Waals surface area contributed by atoms with E-state index in [0.717, 1.165) is 23.9 Å². The van der Waals surface area contributed by atoms with Crippen LogP contribution < -0.4 is 15.2 Å². The number of anilines is 1. The Kier molecular flexibility index (Phi) is 6.76. The lowest BCUT2D eigenvalue weighted by molar-refractivity contribution is 0.201. The number of rotatable bonds is 6. The van der Waals surface area contributed by atoms with Gasteiger partial charge in [0, 0.05) is 26.2 Å². The van der Waals surface area contributed by atoms with Crippen LogP contribution in [0.3, 0.4) is 0 Å². The lowest BCUT2D eigenvalue weighted by Crippen LogP contribution is -2.50. The number of halogens is 1. The number of hydrogen-bond acceptors (Lipinski definition) is 6. The fraction of sp³-hybridized carbons (Fsp3) is 0.565. The van der Waals surface area contributed by atoms with Gasteiger partial charge in [0.2, 0.25) is 15.8 Å². The maximum atomic E-state index is 13.8. The predicted octanol–water partition coefficient (Wildman–Crippen LogP) is 2.80. The maximum Gasteiger partial charge on any atom is 0.316 e. The second-order valence-corrected chi connectivity index (χ2v) is 11.7. The number of hydrogen-bond donors (Lipinski definition) is 0. The molecule has 8 nitrogen and oxygen atoms in total. The molecule has 0 radical (unpaired) electrons. The molecular weight excluding hydrogens is 447 g/mol. The van der Waals surface area contributed by atoms with E-state index in [1.54, 1.807) is 26.1 Å². The first-order valence-electron chi connectivity index (χ1n) is 11.5. The monoisotopic (exact) mass is 478 g/mol. The van der Waals surface area contributed by atoms with Crippen LogP contribution in [0.15, 0.2) is 35.3 Å². The Morgan fingerprint density at radius 2 is 1.88 bits per heavy atom. The topological polar surface area (TPSA) is 84.7 Å². The zero-order chi connectivity index (χ0) is 23.8. The van der Waals surface area contributed by atoms with E-state index in [1.807, 2.05) is 4.90 Å². The highest BCUT2D eigenvalue weighted by Crippen LogP contribution is 2.32. The molecule has 1 saturated heterocycles. The summed E-state index contributed by atoms with van der Waals surface area (Å²) >= 11 is 0. The third kappa shape index (κ3) is 4.91. The van der Waals surface area contributed by atoms with E-state index >= 15 is 0 Å². The molecule has 2 unspecified atom stereocenters. The van der Waals surface area contributed by atoms with Gasteiger partial charge < -0.3 is 9.64 Å². The molecule has 1 aromatic carbocycles. The minimum Gasteiger partial charge on any atom is -0.483 e. The van der Waals surface area contributed by atoms with E-state index < -0.39 is 26.6 Å². The molecule has 0 N–H and O–H groups in total. The van der Waals surface area contributed by atoms with Crippen LogP contribution >= 0.6 is 0 Å². The van der Waals surface area contributed by atoms with Crippen LogP contribution in [0, 0.1) is 11.7 Å². The van der Waals surface area contributed by atoms with Crippen LogP contribution in [0.1, 0.15) is 40.0 Å². The van der Waals surface area contributed by atoms with Crippen molar-refractivity contribution in [3.8, 4) is 11.4 Å². The molecule has 2 aromatic rings. The van der Waals surface area contributed by atoms with Crippen molar-refractivity contribution in [1.82, 2.24) is 14.1 Å². The van der Waals surface area contributed by atoms with E-state index in [9.17, 15) is 17.6 Å². The Hall–Kier alpha value is -2.46. The van der Waals surface area contributed by atoms with Gasteiger partial charge in [-0.1, -0.05) is 13.0 Å². The van der Waals surface area contributed by atoms with E-state index in [1.165, 1.54) is 22.5 Å². The highest BCUT2D eigenvalue weighted by molar-refractivity contribution is 7.89. The van der Waals surface area contributed by atoms with Crippen LogP contribution in [0.25, 0.3) is 5.69 Å². The second kappa shape index (κ2) is 9.42. The first kappa shape index (κ1) is 23.7. The van der Waals surface area contributed by atoms with Crippen molar-refractivity contribution in [2.75, 3.05) is 31.1 Å². The number of ether oxygens (including phenoxy) is 1. The Balaban J connectivity index is 1.66. The molecule has 1 aromatic heterocycles. The summed E-state index contributed by atoms with van der Waals surface area (Å²) in [5.41, 5.74) is 0.424. The van der Waals surface area contributed by atoms with E-state index in [-0.39, 0.29) is 11.9 Å². The molecule has 1 aliphatic heterocycles. The molecule has 2 heterocycles. The molecule has 1 aliphatic carbocycles. The summed E-state index contributed by atoms with van der Waals surface area (Å²) in [6.07, 6.45) is 4.25. The molecule has 180 valence electrons. The quantitative estimate of drug-likeness (QED) is 0.635. The van der Waals surface area contributed by atoms with Gasteiger partial charge in [0.05, 0.1) is 23.2 Å². The van der Waals surface area contributed by atoms with Gasteiger partial charge in [0.1, 0.15) is 11.5 Å². The van der Waals surface area contributed by atoms with Crippen LogP contribution in [0.2, 0.25) is 0 Å². The van der Waals surface area contributed by atoms with E-state index in [4.69, 9.17) is 4.74 Å². The minimum absolute atomic E-state index is 0.0718. The number of piperazine rings is 1. The molecule has 4 rings (SSSR count). The maximum absolute atomic E-state index is 13.8. The summed E-state index contributed by atoms with van der Waals surface area (Å²) < 4.78 is 47.7. The van der Waals surface area contributed by atoms with Gasteiger partial charge in [-0.2, -0.15) is 14.1 Å². The van der Waals surface area contributed by atoms with Crippen molar-refractivity contribution >= 4 is 15.7 Å². The largest absolute Gasteiger partial charge is 0.483 e. The summed E-state index contributed by atoms with van der Waals surface area (Å²) in [6.45, 7) is 7.01. The molecule has 1 saturated carbocycles. The molecule has 0 bridgehead atoms. The smallest absolute Gasteiger partial charge is 0.316 e. The lowest BCUT2D eigenvalue weighted by Gasteiger charge is -2.36. The van der Waals surface area contributed by atoms with Crippen LogP contribution in [-0.4, -0.2) is 60.0 Å². The van der Waals surface area contributed by atoms with Crippen molar-refractivity contribution in [1.29, 1.82) is 0 Å². The molecule has 0 amide bonds. The number of sulfonamides is 1. The Morgan fingerprint density at radius 1 is 1.15 bits per heavy atom. The van der Waals surface area contributed by atoms with Gasteiger partial charge in [-0.3, -0.25) is 4.79 Å². The highest BCUT2D eigenvalue weighted by Gasteiger charge is 2.32. The van der Waals surface area contributed by atoms with Gasteiger partial charge >= 0.3 is 5.56 Å². The Bertz CT molecular complexity index is 1160. The summed E-state index contributed by atoms with van der Waals surface area (Å²) in [5.74, 6) is 0.254. The second-order valence-electron chi connectivity index (χ2n) is 9.19. The molecule has 2 fully saturated rings. The van der Waals surface area contributed by atoms with Crippen molar-refractivity contribution < 1.29 is 17.5 Å². The van der Waals surface area contributed by atoms with E-state index in [0.29, 0.717) is 43.5 Å². The van der Waals surface area contributed by atoms with Gasteiger partial charge in [0.15, 0.2) is 0 Å². The van der Waals surface area contributed by atoms with Crippen molar-refractivity contribution in [3.05, 3.63) is 46.6 Å². The average molecular weight is 479 g/mol. The van der Waals surface area contributed by atoms with Crippen LogP contribution in [0.5, 0.6) is 5.75 Å². The van der Waals surface area contributed by atoms with Crippen molar-refractivity contribution in [3.63, 3.8) is 0 Å². The fourth-order valence-corrected chi connectivity index (χ4v) is 5.74. The first-order valence-corrected chi connectivity index (χ1v) is 13.0. The van der Waals surface area contributed by atoms with Gasteiger partial charge in [-0.25, -0.2) is 12.8 Å². The normalized spacial score (nSPS) is 22.2. The summed E-state index contributed by atoms with van der Waals surface area (Å²) in [6, 6.07) is 5.71. The minimum atomic E-state index is -3.34. The van der Waals surface area contributed by atoms with Gasteiger partial charge in [-0.05, 0) is 57.2 Å². The average Bonchev–Trinajstić information content (AvgIpc) is 3.19. The summed E-state index contributed by atoms with van der Waals surface area (Å²) in [4.78, 5) is 15.4. The van der Waals surface area contributed by atoms with Crippen molar-refractivity contribution in [2.24, 2.45) is 5.92 Å². The Morgan fingerprint density at radius 3 is 2.48 bits per heavy atom. The molecule has 2 atom stereocenters. The van der Waals surface area contributed by atoms with Gasteiger partial charge in [-0.15, -0.1) is 0 Å². The number of aromatic nitrogens is 2. The van der Waals surface area contributed by atoms with Crippen LogP contribution in [-0.2, 0) is 10.0 Å². The zero-order valence-electron chi connectivity index (χ0n) is 19.3. The van der Waals surface area contributed by atoms with Gasteiger partial charge in [0.25, 0.3) is 0 Å². The highest BCUT2D eigenvalue weighted by atomic mass is 32.2. The standard InChI is InChI=1S/C23H31FN4O4S/c1-16(2)33(30,31)27-11-9-26(10-12-27)21-15-25-28(19-6-4-5-18(24)14-19)23(29)22(21)32-20-8-7-17(3)13-20/h4-6,14-17,20H,7-13H2,1-3H3. The van der Waals surface area contributed by atoms with Crippen LogP contribution in [0.4, 0.5) is 10.1 Å². The number of benzene rings is 1. The summed E-state index contributed by atoms with van der Waals surface area (Å²) in [7, 11) is -3.34. The molecule has 33 heavy (non-hydrogen) atoms. The zero-order valence-corrected chi connectivity index (χ0v) is 20.1. The lowest BCUT2D eigenvalue weighted by atomic mass is 10.1. The van der Waals surface area contributed by atoms with Crippen molar-refractivity contribution in [2.45, 2.75) is 51.4 Å². The SMILES string of the molecule is CC1CCC(Oc2c(N3CCN(S(=O)(=O)C(C)C)CC3)cnn(-c3cccc(F)c3)c2=O)C1. The van der Waals surface area contributed by atoms with E-state index in [2.05, 4.69) is 12.0 Å². The predicted molar refractivity (Wildman–Crippen MR) is 125 cm³/mol. The molecule has 10 heteroatoms. The third-order valence-corrected chi connectivity index (χ3v) is 8.71. The third-order valence-electron chi connectivity index (χ3n) is 6.43. The number of nitrogens with zero attached hydrogens (tertiary/aromatic N) is 4. The fourth-order valence-electron chi connectivity index (χ4n) is 4.47. The molecular formula is C23H31FN4O4S. The molecule has 2 aliphatic rings. The first-order chi connectivity index (χ1) is 15.7. The molecule has 0 spiro atoms. The Labute approximate surface area is 194 Å². The summed E-state index contributed by atoms with van der Waals surface area (Å²) in [5, 5.41) is 3.81.